The van der Waals surface area contributed by atoms with Gasteiger partial charge in [0, 0.05) is 20.3 Å². The molecule has 0 amide bonds. The fraction of sp³-hybridized carbons (Fsp3) is 0.125. The number of aldehydes is 1. The number of thiophene rings is 2. The lowest BCUT2D eigenvalue weighted by Crippen LogP contribution is -1.64. The molecule has 0 N–H and O–H groups in total. The Labute approximate surface area is 72.3 Å². The number of carbonyl (C=O) groups excluding carboxylic acids is 1. The second-order valence-corrected chi connectivity index (χ2v) is 4.54. The molecule has 56 valence electrons. The molecule has 0 saturated heterocycles. The summed E-state index contributed by atoms with van der Waals surface area (Å²) in [7, 11) is 0. The predicted octanol–water partition coefficient (Wildman–Crippen LogP) is 3.08. The van der Waals surface area contributed by atoms with E-state index in [9.17, 15) is 4.79 Å². The van der Waals surface area contributed by atoms with Crippen LogP contribution in [0.5, 0.6) is 0 Å². The number of carbonyl (C=O) groups is 1. The van der Waals surface area contributed by atoms with Gasteiger partial charge in [-0.2, -0.15) is 0 Å². The summed E-state index contributed by atoms with van der Waals surface area (Å²) in [6, 6.07) is 1.96. The van der Waals surface area contributed by atoms with Crippen LogP contribution < -0.4 is 0 Å². The summed E-state index contributed by atoms with van der Waals surface area (Å²) in [6.45, 7) is 2.08. The maximum absolute atomic E-state index is 10.4. The molecule has 3 heteroatoms. The first kappa shape index (κ1) is 7.00. The molecule has 0 saturated carbocycles. The highest BCUT2D eigenvalue weighted by atomic mass is 32.1. The lowest BCUT2D eigenvalue weighted by molar-refractivity contribution is 0.112. The van der Waals surface area contributed by atoms with Crippen molar-refractivity contribution in [3.8, 4) is 0 Å². The highest BCUT2D eigenvalue weighted by Gasteiger charge is 2.03. The zero-order valence-corrected chi connectivity index (χ0v) is 7.59. The van der Waals surface area contributed by atoms with Gasteiger partial charge >= 0.3 is 0 Å². The third kappa shape index (κ3) is 1.01. The van der Waals surface area contributed by atoms with Gasteiger partial charge in [0.1, 0.15) is 0 Å². The van der Waals surface area contributed by atoms with Crippen molar-refractivity contribution in [2.75, 3.05) is 0 Å². The van der Waals surface area contributed by atoms with Crippen LogP contribution in [0, 0.1) is 6.92 Å². The summed E-state index contributed by atoms with van der Waals surface area (Å²) in [4.78, 5) is 12.5. The molecule has 0 aromatic carbocycles. The van der Waals surface area contributed by atoms with E-state index >= 15 is 0 Å². The van der Waals surface area contributed by atoms with E-state index in [1.807, 2.05) is 6.07 Å². The summed E-state index contributed by atoms with van der Waals surface area (Å²) in [5.74, 6) is 0. The number of hydrogen-bond acceptors (Lipinski definition) is 3. The van der Waals surface area contributed by atoms with Crippen molar-refractivity contribution < 1.29 is 4.79 Å². The second kappa shape index (κ2) is 2.43. The Bertz CT molecular complexity index is 397. The molecule has 2 aromatic rings. The van der Waals surface area contributed by atoms with E-state index in [0.29, 0.717) is 0 Å². The number of aryl methyl sites for hydroxylation is 1. The van der Waals surface area contributed by atoms with Gasteiger partial charge in [-0.3, -0.25) is 4.79 Å². The Morgan fingerprint density at radius 1 is 1.55 bits per heavy atom. The molecule has 2 rings (SSSR count). The molecular formula is C8H6OS2. The molecule has 2 heterocycles. The van der Waals surface area contributed by atoms with Crippen molar-refractivity contribution in [1.29, 1.82) is 0 Å². The van der Waals surface area contributed by atoms with Crippen LogP contribution in [0.2, 0.25) is 0 Å². The minimum absolute atomic E-state index is 0.825. The molecule has 0 aliphatic rings. The average molecular weight is 182 g/mol. The van der Waals surface area contributed by atoms with Gasteiger partial charge in [-0.25, -0.2) is 0 Å². The SMILES string of the molecule is Cc1scc2sc(C=O)cc12. The smallest absolute Gasteiger partial charge is 0.160 e. The molecule has 0 aliphatic heterocycles. The largest absolute Gasteiger partial charge is 0.297 e. The summed E-state index contributed by atoms with van der Waals surface area (Å²) < 4.78 is 1.23. The first-order valence-corrected chi connectivity index (χ1v) is 4.93. The van der Waals surface area contributed by atoms with E-state index in [1.54, 1.807) is 22.7 Å². The zero-order chi connectivity index (χ0) is 7.84. The number of fused-ring (bicyclic) bond motifs is 1. The van der Waals surface area contributed by atoms with Gasteiger partial charge in [-0.15, -0.1) is 22.7 Å². The lowest BCUT2D eigenvalue weighted by atomic mass is 10.3. The van der Waals surface area contributed by atoms with E-state index in [0.717, 1.165) is 11.2 Å². The third-order valence-corrected chi connectivity index (χ3v) is 3.70. The standard InChI is InChI=1S/C8H6OS2/c1-5-7-2-6(3-9)11-8(7)4-10-5/h2-4H,1H3. The lowest BCUT2D eigenvalue weighted by Gasteiger charge is -1.77. The predicted molar refractivity (Wildman–Crippen MR) is 49.8 cm³/mol. The summed E-state index contributed by atoms with van der Waals surface area (Å²) >= 11 is 3.30. The van der Waals surface area contributed by atoms with Crippen molar-refractivity contribution in [2.45, 2.75) is 6.92 Å². The van der Waals surface area contributed by atoms with Gasteiger partial charge in [0.25, 0.3) is 0 Å². The van der Waals surface area contributed by atoms with Crippen LogP contribution in [0.25, 0.3) is 10.1 Å². The van der Waals surface area contributed by atoms with Crippen molar-refractivity contribution >= 4 is 39.0 Å². The van der Waals surface area contributed by atoms with Crippen molar-refractivity contribution in [3.05, 3.63) is 21.2 Å². The van der Waals surface area contributed by atoms with E-state index in [-0.39, 0.29) is 0 Å². The Morgan fingerprint density at radius 3 is 3.00 bits per heavy atom. The first-order valence-electron chi connectivity index (χ1n) is 3.24. The number of rotatable bonds is 1. The molecule has 0 spiro atoms. The van der Waals surface area contributed by atoms with Crippen LogP contribution in [0.1, 0.15) is 14.5 Å². The van der Waals surface area contributed by atoms with Crippen LogP contribution in [0.15, 0.2) is 11.4 Å². The van der Waals surface area contributed by atoms with Gasteiger partial charge in [0.15, 0.2) is 6.29 Å². The van der Waals surface area contributed by atoms with Crippen molar-refractivity contribution in [3.63, 3.8) is 0 Å². The van der Waals surface area contributed by atoms with Crippen LogP contribution in [-0.2, 0) is 0 Å². The average Bonchev–Trinajstić information content (AvgIpc) is 2.53. The van der Waals surface area contributed by atoms with Crippen LogP contribution in [-0.4, -0.2) is 6.29 Å². The molecular weight excluding hydrogens is 176 g/mol. The molecule has 2 aromatic heterocycles. The topological polar surface area (TPSA) is 17.1 Å². The van der Waals surface area contributed by atoms with Gasteiger partial charge in [0.2, 0.25) is 0 Å². The van der Waals surface area contributed by atoms with E-state index in [2.05, 4.69) is 12.3 Å². The highest BCUT2D eigenvalue weighted by molar-refractivity contribution is 7.24. The van der Waals surface area contributed by atoms with Gasteiger partial charge < -0.3 is 0 Å². The highest BCUT2D eigenvalue weighted by Crippen LogP contribution is 2.31. The summed E-state index contributed by atoms with van der Waals surface area (Å²) in [5.41, 5.74) is 0. The second-order valence-electron chi connectivity index (χ2n) is 2.34. The van der Waals surface area contributed by atoms with E-state index in [4.69, 9.17) is 0 Å². The summed E-state index contributed by atoms with van der Waals surface area (Å²) in [5, 5.41) is 3.34. The van der Waals surface area contributed by atoms with Gasteiger partial charge in [0.05, 0.1) is 4.88 Å². The number of hydrogen-bond donors (Lipinski definition) is 0. The molecule has 11 heavy (non-hydrogen) atoms. The minimum Gasteiger partial charge on any atom is -0.297 e. The molecule has 0 aliphatic carbocycles. The molecule has 0 unspecified atom stereocenters. The maximum atomic E-state index is 10.4. The normalized spacial score (nSPS) is 10.6. The quantitative estimate of drug-likeness (QED) is 0.619. The Hall–Kier alpha value is -0.670. The Morgan fingerprint density at radius 2 is 2.36 bits per heavy atom. The van der Waals surface area contributed by atoms with E-state index < -0.39 is 0 Å². The molecule has 0 bridgehead atoms. The monoisotopic (exact) mass is 182 g/mol. The van der Waals surface area contributed by atoms with Crippen LogP contribution in [0.4, 0.5) is 0 Å². The minimum atomic E-state index is 0.825. The fourth-order valence-corrected chi connectivity index (χ4v) is 2.96. The van der Waals surface area contributed by atoms with Crippen LogP contribution in [0.3, 0.4) is 0 Å². The molecule has 1 nitrogen and oxygen atoms in total. The van der Waals surface area contributed by atoms with E-state index in [1.165, 1.54) is 15.0 Å². The zero-order valence-electron chi connectivity index (χ0n) is 5.96. The molecule has 0 radical (unpaired) electrons. The summed E-state index contributed by atoms with van der Waals surface area (Å²) in [6.07, 6.45) is 0.911. The van der Waals surface area contributed by atoms with Gasteiger partial charge in [-0.1, -0.05) is 0 Å². The van der Waals surface area contributed by atoms with Gasteiger partial charge in [-0.05, 0) is 13.0 Å². The van der Waals surface area contributed by atoms with Crippen LogP contribution >= 0.6 is 22.7 Å². The molecule has 0 fully saturated rings. The Balaban J connectivity index is 2.79. The van der Waals surface area contributed by atoms with Crippen molar-refractivity contribution in [1.82, 2.24) is 0 Å². The first-order chi connectivity index (χ1) is 5.31. The fourth-order valence-electron chi connectivity index (χ4n) is 1.05. The Kier molecular flexibility index (Phi) is 1.55. The molecule has 0 atom stereocenters. The third-order valence-electron chi connectivity index (χ3n) is 1.62. The van der Waals surface area contributed by atoms with Crippen molar-refractivity contribution in [2.24, 2.45) is 0 Å². The maximum Gasteiger partial charge on any atom is 0.160 e.